The number of nitrogens with one attached hydrogen (secondary N) is 2. The zero-order chi connectivity index (χ0) is 19.6. The van der Waals surface area contributed by atoms with Crippen LogP contribution in [0.5, 0.6) is 11.5 Å². The van der Waals surface area contributed by atoms with E-state index >= 15 is 0 Å². The number of hydrazone groups is 1. The Morgan fingerprint density at radius 3 is 2.52 bits per heavy atom. The van der Waals surface area contributed by atoms with E-state index in [-0.39, 0.29) is 12.5 Å². The highest BCUT2D eigenvalue weighted by Gasteiger charge is 2.08. The summed E-state index contributed by atoms with van der Waals surface area (Å²) >= 11 is 3.39. The number of hydrogen-bond acceptors (Lipinski definition) is 5. The van der Waals surface area contributed by atoms with Gasteiger partial charge in [0.05, 0.1) is 26.5 Å². The van der Waals surface area contributed by atoms with E-state index < -0.39 is 5.91 Å². The van der Waals surface area contributed by atoms with Crippen LogP contribution in [0.1, 0.15) is 22.8 Å². The van der Waals surface area contributed by atoms with Crippen LogP contribution >= 0.6 is 15.9 Å². The predicted octanol–water partition coefficient (Wildman–Crippen LogP) is 2.74. The first-order valence-electron chi connectivity index (χ1n) is 8.20. The minimum Gasteiger partial charge on any atom is -0.497 e. The molecule has 0 aliphatic rings. The maximum atomic E-state index is 12.0. The molecule has 0 bridgehead atoms. The van der Waals surface area contributed by atoms with Gasteiger partial charge in [-0.05, 0) is 49.4 Å². The molecule has 27 heavy (non-hydrogen) atoms. The molecule has 0 aromatic heterocycles. The number of amides is 2. The summed E-state index contributed by atoms with van der Waals surface area (Å²) in [5, 5.41) is 6.42. The van der Waals surface area contributed by atoms with Crippen molar-refractivity contribution >= 4 is 34.0 Å². The molecule has 8 heteroatoms. The number of ether oxygens (including phenoxy) is 2. The standard InChI is InChI=1S/C19H20BrN3O4/c1-3-27-15-6-4-13(5-7-15)19(25)21-12-18(24)23-22-11-14-10-16(26-2)8-9-17(14)20/h4-11H,3,12H2,1-2H3,(H,21,25)(H,23,24)/b22-11-. The van der Waals surface area contributed by atoms with E-state index in [9.17, 15) is 9.59 Å². The largest absolute Gasteiger partial charge is 0.497 e. The molecule has 2 amide bonds. The van der Waals surface area contributed by atoms with Crippen LogP contribution in [0, 0.1) is 0 Å². The second-order valence-electron chi connectivity index (χ2n) is 5.32. The number of rotatable bonds is 8. The molecule has 142 valence electrons. The third kappa shape index (κ3) is 6.41. The summed E-state index contributed by atoms with van der Waals surface area (Å²) < 4.78 is 11.3. The van der Waals surface area contributed by atoms with Crippen LogP contribution in [-0.2, 0) is 4.79 Å². The Hall–Kier alpha value is -2.87. The van der Waals surface area contributed by atoms with Crippen LogP contribution in [0.4, 0.5) is 0 Å². The van der Waals surface area contributed by atoms with E-state index in [1.54, 1.807) is 43.5 Å². The maximum absolute atomic E-state index is 12.0. The van der Waals surface area contributed by atoms with Crippen molar-refractivity contribution in [2.75, 3.05) is 20.3 Å². The van der Waals surface area contributed by atoms with Crippen molar-refractivity contribution in [2.24, 2.45) is 5.10 Å². The Morgan fingerprint density at radius 2 is 1.85 bits per heavy atom. The van der Waals surface area contributed by atoms with Gasteiger partial charge in [0.1, 0.15) is 11.5 Å². The van der Waals surface area contributed by atoms with Gasteiger partial charge in [-0.1, -0.05) is 15.9 Å². The molecule has 0 unspecified atom stereocenters. The SMILES string of the molecule is CCOc1ccc(C(=O)NCC(=O)N/N=C\c2cc(OC)ccc2Br)cc1. The van der Waals surface area contributed by atoms with Crippen LogP contribution in [0.25, 0.3) is 0 Å². The Morgan fingerprint density at radius 1 is 1.15 bits per heavy atom. The Balaban J connectivity index is 1.82. The van der Waals surface area contributed by atoms with Gasteiger partial charge in [0.25, 0.3) is 11.8 Å². The van der Waals surface area contributed by atoms with E-state index in [0.29, 0.717) is 23.7 Å². The number of carbonyl (C=O) groups excluding carboxylic acids is 2. The molecule has 0 fully saturated rings. The Kier molecular flexibility index (Phi) is 7.81. The molecule has 0 radical (unpaired) electrons. The molecule has 2 aromatic rings. The topological polar surface area (TPSA) is 89.0 Å². The second kappa shape index (κ2) is 10.3. The van der Waals surface area contributed by atoms with Crippen LogP contribution < -0.4 is 20.2 Å². The monoisotopic (exact) mass is 433 g/mol. The second-order valence-corrected chi connectivity index (χ2v) is 6.18. The van der Waals surface area contributed by atoms with Crippen molar-refractivity contribution in [3.63, 3.8) is 0 Å². The quantitative estimate of drug-likeness (QED) is 0.494. The van der Waals surface area contributed by atoms with Crippen molar-refractivity contribution in [3.8, 4) is 11.5 Å². The fourth-order valence-electron chi connectivity index (χ4n) is 2.09. The first kappa shape index (κ1) is 20.4. The fourth-order valence-corrected chi connectivity index (χ4v) is 2.44. The number of nitrogens with zero attached hydrogens (tertiary/aromatic N) is 1. The molecular formula is C19H20BrN3O4. The van der Waals surface area contributed by atoms with E-state index in [0.717, 1.165) is 10.0 Å². The average Bonchev–Trinajstić information content (AvgIpc) is 2.68. The van der Waals surface area contributed by atoms with Crippen molar-refractivity contribution < 1.29 is 19.1 Å². The number of methoxy groups -OCH3 is 1. The summed E-state index contributed by atoms with van der Waals surface area (Å²) in [6.07, 6.45) is 1.48. The van der Waals surface area contributed by atoms with Gasteiger partial charge < -0.3 is 14.8 Å². The lowest BCUT2D eigenvalue weighted by atomic mass is 10.2. The van der Waals surface area contributed by atoms with Crippen molar-refractivity contribution in [1.82, 2.24) is 10.7 Å². The first-order chi connectivity index (χ1) is 13.0. The lowest BCUT2D eigenvalue weighted by molar-refractivity contribution is -0.120. The molecule has 2 aromatic carbocycles. The summed E-state index contributed by atoms with van der Waals surface area (Å²) in [5.41, 5.74) is 3.55. The van der Waals surface area contributed by atoms with Gasteiger partial charge in [0, 0.05) is 15.6 Å². The van der Waals surface area contributed by atoms with Gasteiger partial charge in [0.15, 0.2) is 0 Å². The van der Waals surface area contributed by atoms with E-state index in [1.165, 1.54) is 6.21 Å². The highest BCUT2D eigenvalue weighted by atomic mass is 79.9. The molecular weight excluding hydrogens is 414 g/mol. The molecule has 2 N–H and O–H groups in total. The van der Waals surface area contributed by atoms with Gasteiger partial charge in [-0.15, -0.1) is 0 Å². The number of halogens is 1. The van der Waals surface area contributed by atoms with E-state index in [1.807, 2.05) is 13.0 Å². The van der Waals surface area contributed by atoms with Gasteiger partial charge in [-0.3, -0.25) is 9.59 Å². The molecule has 0 aliphatic carbocycles. The summed E-state index contributed by atoms with van der Waals surface area (Å²) in [5.74, 6) is 0.565. The summed E-state index contributed by atoms with van der Waals surface area (Å²) in [6, 6.07) is 12.1. The predicted molar refractivity (Wildman–Crippen MR) is 106 cm³/mol. The number of benzene rings is 2. The molecule has 0 spiro atoms. The molecule has 0 atom stereocenters. The van der Waals surface area contributed by atoms with Crippen molar-refractivity contribution in [2.45, 2.75) is 6.92 Å². The van der Waals surface area contributed by atoms with Crippen LogP contribution in [-0.4, -0.2) is 38.3 Å². The van der Waals surface area contributed by atoms with E-state index in [4.69, 9.17) is 9.47 Å². The highest BCUT2D eigenvalue weighted by Crippen LogP contribution is 2.20. The molecule has 0 aliphatic heterocycles. The van der Waals surface area contributed by atoms with Gasteiger partial charge >= 0.3 is 0 Å². The smallest absolute Gasteiger partial charge is 0.259 e. The molecule has 2 rings (SSSR count). The number of carbonyl (C=O) groups is 2. The number of hydrogen-bond donors (Lipinski definition) is 2. The highest BCUT2D eigenvalue weighted by molar-refractivity contribution is 9.10. The fraction of sp³-hybridized carbons (Fsp3) is 0.211. The Bertz CT molecular complexity index is 822. The zero-order valence-corrected chi connectivity index (χ0v) is 16.6. The molecule has 0 saturated carbocycles. The normalized spacial score (nSPS) is 10.5. The van der Waals surface area contributed by atoms with Gasteiger partial charge in [-0.2, -0.15) is 5.10 Å². The lowest BCUT2D eigenvalue weighted by Crippen LogP contribution is -2.34. The zero-order valence-electron chi connectivity index (χ0n) is 15.0. The van der Waals surface area contributed by atoms with Crippen LogP contribution in [0.15, 0.2) is 52.0 Å². The summed E-state index contributed by atoms with van der Waals surface area (Å²) in [4.78, 5) is 23.9. The maximum Gasteiger partial charge on any atom is 0.259 e. The van der Waals surface area contributed by atoms with E-state index in [2.05, 4.69) is 31.8 Å². The van der Waals surface area contributed by atoms with Crippen LogP contribution in [0.2, 0.25) is 0 Å². The first-order valence-corrected chi connectivity index (χ1v) is 8.99. The third-order valence-corrected chi connectivity index (χ3v) is 4.16. The van der Waals surface area contributed by atoms with Crippen LogP contribution in [0.3, 0.4) is 0 Å². The average molecular weight is 434 g/mol. The van der Waals surface area contributed by atoms with Crippen molar-refractivity contribution in [3.05, 3.63) is 58.1 Å². The Labute approximate surface area is 165 Å². The van der Waals surface area contributed by atoms with Crippen molar-refractivity contribution in [1.29, 1.82) is 0 Å². The molecule has 7 nitrogen and oxygen atoms in total. The lowest BCUT2D eigenvalue weighted by Gasteiger charge is -2.06. The summed E-state index contributed by atoms with van der Waals surface area (Å²) in [7, 11) is 1.57. The minimum atomic E-state index is -0.440. The molecule has 0 saturated heterocycles. The van der Waals surface area contributed by atoms with Gasteiger partial charge in [-0.25, -0.2) is 5.43 Å². The summed E-state index contributed by atoms with van der Waals surface area (Å²) in [6.45, 7) is 2.25. The van der Waals surface area contributed by atoms with Gasteiger partial charge in [0.2, 0.25) is 0 Å². The third-order valence-electron chi connectivity index (χ3n) is 3.43. The molecule has 0 heterocycles. The minimum absolute atomic E-state index is 0.192.